The predicted molar refractivity (Wildman–Crippen MR) is 120 cm³/mol. The molecule has 0 unspecified atom stereocenters. The summed E-state index contributed by atoms with van der Waals surface area (Å²) in [4.78, 5) is 13.0. The van der Waals surface area contributed by atoms with Crippen molar-refractivity contribution in [3.8, 4) is 17.6 Å². The highest BCUT2D eigenvalue weighted by Gasteiger charge is 2.44. The molecule has 0 aliphatic carbocycles. The van der Waals surface area contributed by atoms with Crippen molar-refractivity contribution in [1.82, 2.24) is 4.57 Å². The number of nitrogens with one attached hydrogen (secondary N) is 1. The molecule has 1 aliphatic heterocycles. The summed E-state index contributed by atoms with van der Waals surface area (Å²) < 4.78 is 13.6. The summed E-state index contributed by atoms with van der Waals surface area (Å²) in [6, 6.07) is 18.8. The van der Waals surface area contributed by atoms with E-state index in [4.69, 9.17) is 20.6 Å². The van der Waals surface area contributed by atoms with Gasteiger partial charge in [0.25, 0.3) is 0 Å². The number of anilines is 1. The standard InChI is InChI=1S/C23H19BrN4O3/c1-2-30-23(29)19-18-17(13-8-10-14(24)11-9-13)16(12-25)21(27)31-22(18)28(20(19)26)15-6-4-3-5-7-15/h3-11,16-17,27H,2,26H2,1H3/t16-,17-/m0/s1. The number of halogens is 1. The molecule has 0 fully saturated rings. The molecule has 4 rings (SSSR count). The van der Waals surface area contributed by atoms with E-state index < -0.39 is 17.8 Å². The number of nitriles is 1. The second-order valence-electron chi connectivity index (χ2n) is 6.97. The minimum absolute atomic E-state index is 0.142. The van der Waals surface area contributed by atoms with E-state index in [-0.39, 0.29) is 29.8 Å². The van der Waals surface area contributed by atoms with Crippen LogP contribution in [0.3, 0.4) is 0 Å². The topological polar surface area (TPSA) is 114 Å². The number of carbonyl (C=O) groups excluding carboxylic acids is 1. The molecule has 2 heterocycles. The van der Waals surface area contributed by atoms with Gasteiger partial charge >= 0.3 is 5.97 Å². The van der Waals surface area contributed by atoms with Crippen molar-refractivity contribution in [2.45, 2.75) is 12.8 Å². The lowest BCUT2D eigenvalue weighted by Crippen LogP contribution is -2.32. The first-order valence-corrected chi connectivity index (χ1v) is 10.4. The van der Waals surface area contributed by atoms with Gasteiger partial charge < -0.3 is 15.2 Å². The predicted octanol–water partition coefficient (Wildman–Crippen LogP) is 4.64. The summed E-state index contributed by atoms with van der Waals surface area (Å²) in [5, 5.41) is 18.3. The van der Waals surface area contributed by atoms with Crippen LogP contribution in [0.5, 0.6) is 5.88 Å². The van der Waals surface area contributed by atoms with Gasteiger partial charge in [-0.2, -0.15) is 5.26 Å². The molecular formula is C23H19BrN4O3. The molecule has 2 atom stereocenters. The van der Waals surface area contributed by atoms with E-state index in [9.17, 15) is 10.1 Å². The second-order valence-corrected chi connectivity index (χ2v) is 7.89. The zero-order valence-corrected chi connectivity index (χ0v) is 18.2. The number of aromatic nitrogens is 1. The Labute approximate surface area is 187 Å². The Bertz CT molecular complexity index is 1200. The number of hydrogen-bond donors (Lipinski definition) is 2. The van der Waals surface area contributed by atoms with Crippen molar-refractivity contribution in [2.24, 2.45) is 5.92 Å². The molecule has 0 spiro atoms. The van der Waals surface area contributed by atoms with Gasteiger partial charge in [-0.25, -0.2) is 4.79 Å². The number of rotatable bonds is 4. The van der Waals surface area contributed by atoms with E-state index in [1.807, 2.05) is 54.6 Å². The molecule has 0 saturated carbocycles. The molecule has 31 heavy (non-hydrogen) atoms. The molecule has 1 aromatic heterocycles. The lowest BCUT2D eigenvalue weighted by molar-refractivity contribution is 0.0525. The summed E-state index contributed by atoms with van der Waals surface area (Å²) in [7, 11) is 0. The largest absolute Gasteiger partial charge is 0.462 e. The van der Waals surface area contributed by atoms with Crippen LogP contribution in [0.2, 0.25) is 0 Å². The van der Waals surface area contributed by atoms with Gasteiger partial charge in [0.2, 0.25) is 11.8 Å². The Morgan fingerprint density at radius 3 is 2.55 bits per heavy atom. The number of para-hydroxylation sites is 1. The van der Waals surface area contributed by atoms with Crippen molar-refractivity contribution in [3.63, 3.8) is 0 Å². The number of ether oxygens (including phenoxy) is 2. The number of nitrogens with zero attached hydrogens (tertiary/aromatic N) is 2. The highest BCUT2D eigenvalue weighted by atomic mass is 79.9. The van der Waals surface area contributed by atoms with Gasteiger partial charge in [0.05, 0.1) is 18.4 Å². The number of fused-ring (bicyclic) bond motifs is 1. The summed E-state index contributed by atoms with van der Waals surface area (Å²) in [5.41, 5.74) is 8.50. The average molecular weight is 479 g/mol. The molecule has 3 aromatic rings. The van der Waals surface area contributed by atoms with E-state index in [0.29, 0.717) is 11.3 Å². The SMILES string of the molecule is CCOC(=O)c1c2c(n(-c3ccccc3)c1N)OC(=N)[C@@H](C#N)[C@@H]2c1ccc(Br)cc1. The number of nitrogen functional groups attached to an aromatic ring is 1. The fourth-order valence-corrected chi connectivity index (χ4v) is 4.14. The first-order valence-electron chi connectivity index (χ1n) is 9.65. The van der Waals surface area contributed by atoms with E-state index in [0.717, 1.165) is 10.0 Å². The van der Waals surface area contributed by atoms with Crippen LogP contribution in [0.4, 0.5) is 5.82 Å². The van der Waals surface area contributed by atoms with Gasteiger partial charge in [0.1, 0.15) is 17.3 Å². The summed E-state index contributed by atoms with van der Waals surface area (Å²) in [6.45, 7) is 1.88. The molecule has 2 aromatic carbocycles. The maximum absolute atomic E-state index is 13.0. The monoisotopic (exact) mass is 478 g/mol. The average Bonchev–Trinajstić information content (AvgIpc) is 3.05. The van der Waals surface area contributed by atoms with Crippen LogP contribution in [0.25, 0.3) is 5.69 Å². The zero-order valence-electron chi connectivity index (χ0n) is 16.6. The number of nitrogens with two attached hydrogens (primary N) is 1. The molecule has 156 valence electrons. The van der Waals surface area contributed by atoms with Gasteiger partial charge in [-0.15, -0.1) is 0 Å². The van der Waals surface area contributed by atoms with E-state index in [1.165, 1.54) is 0 Å². The first kappa shape index (κ1) is 20.7. The Morgan fingerprint density at radius 2 is 1.94 bits per heavy atom. The molecule has 1 aliphatic rings. The van der Waals surface area contributed by atoms with Gasteiger partial charge in [-0.1, -0.05) is 46.3 Å². The third kappa shape index (κ3) is 3.47. The summed E-state index contributed by atoms with van der Waals surface area (Å²) >= 11 is 3.42. The Hall–Kier alpha value is -3.57. The lowest BCUT2D eigenvalue weighted by Gasteiger charge is -2.29. The first-order chi connectivity index (χ1) is 15.0. The Balaban J connectivity index is 2.05. The van der Waals surface area contributed by atoms with Crippen molar-refractivity contribution in [2.75, 3.05) is 12.3 Å². The third-order valence-electron chi connectivity index (χ3n) is 5.20. The number of esters is 1. The van der Waals surface area contributed by atoms with Crippen LogP contribution < -0.4 is 10.5 Å². The van der Waals surface area contributed by atoms with Crippen LogP contribution in [0.1, 0.15) is 34.3 Å². The number of carbonyl (C=O) groups is 1. The molecule has 3 N–H and O–H groups in total. The van der Waals surface area contributed by atoms with Crippen molar-refractivity contribution < 1.29 is 14.3 Å². The molecule has 0 amide bonds. The van der Waals surface area contributed by atoms with Crippen molar-refractivity contribution >= 4 is 33.6 Å². The fourth-order valence-electron chi connectivity index (χ4n) is 3.87. The molecule has 0 bridgehead atoms. The smallest absolute Gasteiger partial charge is 0.342 e. The van der Waals surface area contributed by atoms with E-state index in [2.05, 4.69) is 22.0 Å². The fraction of sp³-hybridized carbons (Fsp3) is 0.174. The highest BCUT2D eigenvalue weighted by molar-refractivity contribution is 9.10. The maximum atomic E-state index is 13.0. The van der Waals surface area contributed by atoms with Gasteiger partial charge in [-0.3, -0.25) is 9.98 Å². The van der Waals surface area contributed by atoms with Gasteiger partial charge in [-0.05, 0) is 36.8 Å². The summed E-state index contributed by atoms with van der Waals surface area (Å²) in [5.74, 6) is -1.96. The van der Waals surface area contributed by atoms with Crippen molar-refractivity contribution in [3.05, 3.63) is 75.8 Å². The lowest BCUT2D eigenvalue weighted by atomic mass is 9.79. The number of benzene rings is 2. The van der Waals surface area contributed by atoms with E-state index >= 15 is 0 Å². The van der Waals surface area contributed by atoms with Crippen LogP contribution in [0.15, 0.2) is 59.1 Å². The minimum atomic E-state index is -0.923. The highest BCUT2D eigenvalue weighted by Crippen LogP contribution is 2.48. The third-order valence-corrected chi connectivity index (χ3v) is 5.72. The van der Waals surface area contributed by atoms with Crippen LogP contribution in [0, 0.1) is 22.7 Å². The summed E-state index contributed by atoms with van der Waals surface area (Å²) in [6.07, 6.45) is 0. The molecule has 0 saturated heterocycles. The van der Waals surface area contributed by atoms with Crippen molar-refractivity contribution in [1.29, 1.82) is 10.7 Å². The van der Waals surface area contributed by atoms with Crippen LogP contribution in [-0.2, 0) is 4.74 Å². The zero-order chi connectivity index (χ0) is 22.1. The maximum Gasteiger partial charge on any atom is 0.342 e. The normalized spacial score (nSPS) is 17.4. The minimum Gasteiger partial charge on any atom is -0.462 e. The molecule has 0 radical (unpaired) electrons. The molecular weight excluding hydrogens is 460 g/mol. The number of hydrogen-bond acceptors (Lipinski definition) is 6. The van der Waals surface area contributed by atoms with Crippen LogP contribution >= 0.6 is 15.9 Å². The Kier molecular flexibility index (Phi) is 5.53. The Morgan fingerprint density at radius 1 is 1.26 bits per heavy atom. The molecule has 7 nitrogen and oxygen atoms in total. The van der Waals surface area contributed by atoms with Gasteiger partial charge in [0, 0.05) is 16.0 Å². The quantitative estimate of drug-likeness (QED) is 0.530. The van der Waals surface area contributed by atoms with E-state index in [1.54, 1.807) is 11.5 Å². The van der Waals surface area contributed by atoms with Crippen LogP contribution in [-0.4, -0.2) is 23.0 Å². The molecule has 8 heteroatoms. The second kappa shape index (κ2) is 8.28. The van der Waals surface area contributed by atoms with Gasteiger partial charge in [0.15, 0.2) is 0 Å².